The van der Waals surface area contributed by atoms with Gasteiger partial charge in [-0.25, -0.2) is 4.98 Å². The van der Waals surface area contributed by atoms with Crippen LogP contribution in [0.1, 0.15) is 37.9 Å². The van der Waals surface area contributed by atoms with Crippen LogP contribution in [0.25, 0.3) is 0 Å². The summed E-state index contributed by atoms with van der Waals surface area (Å²) in [5, 5.41) is 3.42. The third-order valence-electron chi connectivity index (χ3n) is 6.08. The Hall–Kier alpha value is -1.36. The van der Waals surface area contributed by atoms with Crippen LogP contribution >= 0.6 is 0 Å². The largest absolute Gasteiger partial charge is 0.338 e. The number of nitrogens with zero attached hydrogens (tertiary/aromatic N) is 3. The molecule has 2 unspecified atom stereocenters. The summed E-state index contributed by atoms with van der Waals surface area (Å²) in [5.74, 6) is 1.78. The Bertz CT molecular complexity index is 561. The van der Waals surface area contributed by atoms with Crippen molar-refractivity contribution in [1.29, 1.82) is 0 Å². The predicted octanol–water partition coefficient (Wildman–Crippen LogP) is 1.57. The molecule has 5 nitrogen and oxygen atoms in total. The van der Waals surface area contributed by atoms with Gasteiger partial charge in [0.2, 0.25) is 5.91 Å². The minimum atomic E-state index is 0.305. The van der Waals surface area contributed by atoms with Crippen LogP contribution in [0.2, 0.25) is 0 Å². The standard InChI is InChI=1S/C17H26N4O/c1-13-19-8-10-20(13)12-14-3-2-9-21(14)16(22)15-11-17(15)4-6-18-7-5-17/h8,10,14-15,18H,2-7,9,11-12H2,1H3. The number of carbonyl (C=O) groups is 1. The Morgan fingerprint density at radius 1 is 1.45 bits per heavy atom. The number of likely N-dealkylation sites (tertiary alicyclic amines) is 1. The number of carbonyl (C=O) groups excluding carboxylic acids is 1. The first-order valence-corrected chi connectivity index (χ1v) is 8.69. The SMILES string of the molecule is Cc1nccn1CC1CCCN1C(=O)C1CC12CCNCC2. The summed E-state index contributed by atoms with van der Waals surface area (Å²) in [4.78, 5) is 19.5. The van der Waals surface area contributed by atoms with Gasteiger partial charge in [0.05, 0.1) is 0 Å². The van der Waals surface area contributed by atoms with Crippen molar-refractivity contribution in [2.24, 2.45) is 11.3 Å². The van der Waals surface area contributed by atoms with Crippen molar-refractivity contribution in [2.45, 2.75) is 51.6 Å². The average Bonchev–Trinajstić information content (AvgIpc) is 2.88. The van der Waals surface area contributed by atoms with Crippen LogP contribution in [0.5, 0.6) is 0 Å². The van der Waals surface area contributed by atoms with Gasteiger partial charge in [0.25, 0.3) is 0 Å². The Kier molecular flexibility index (Phi) is 3.48. The Morgan fingerprint density at radius 2 is 2.27 bits per heavy atom. The number of piperidine rings is 1. The maximum atomic E-state index is 13.0. The van der Waals surface area contributed by atoms with E-state index in [9.17, 15) is 4.79 Å². The summed E-state index contributed by atoms with van der Waals surface area (Å²) in [6, 6.07) is 0.361. The van der Waals surface area contributed by atoms with Crippen LogP contribution in [0.4, 0.5) is 0 Å². The molecule has 2 atom stereocenters. The predicted molar refractivity (Wildman–Crippen MR) is 84.3 cm³/mol. The topological polar surface area (TPSA) is 50.2 Å². The molecule has 1 N–H and O–H groups in total. The molecule has 1 aromatic rings. The van der Waals surface area contributed by atoms with Gasteiger partial charge in [-0.05, 0) is 57.5 Å². The molecular formula is C17H26N4O. The van der Waals surface area contributed by atoms with Gasteiger partial charge >= 0.3 is 0 Å². The molecule has 1 aliphatic carbocycles. The minimum absolute atomic E-state index is 0.305. The van der Waals surface area contributed by atoms with Gasteiger partial charge < -0.3 is 14.8 Å². The Morgan fingerprint density at radius 3 is 3.00 bits per heavy atom. The van der Waals surface area contributed by atoms with Crippen LogP contribution in [0.3, 0.4) is 0 Å². The molecule has 22 heavy (non-hydrogen) atoms. The lowest BCUT2D eigenvalue weighted by atomic mass is 9.91. The molecule has 1 amide bonds. The highest BCUT2D eigenvalue weighted by Crippen LogP contribution is 2.59. The molecule has 1 saturated carbocycles. The second-order valence-electron chi connectivity index (χ2n) is 7.32. The van der Waals surface area contributed by atoms with Crippen molar-refractivity contribution in [2.75, 3.05) is 19.6 Å². The molecular weight excluding hydrogens is 276 g/mol. The zero-order chi connectivity index (χ0) is 15.2. The molecule has 3 heterocycles. The van der Waals surface area contributed by atoms with Gasteiger partial charge in [0, 0.05) is 37.4 Å². The van der Waals surface area contributed by atoms with Gasteiger partial charge in [-0.1, -0.05) is 0 Å². The highest BCUT2D eigenvalue weighted by molar-refractivity contribution is 5.83. The van der Waals surface area contributed by atoms with Gasteiger partial charge in [-0.3, -0.25) is 4.79 Å². The number of nitrogens with one attached hydrogen (secondary N) is 1. The van der Waals surface area contributed by atoms with E-state index in [-0.39, 0.29) is 0 Å². The van der Waals surface area contributed by atoms with Crippen molar-refractivity contribution >= 4 is 5.91 Å². The molecule has 120 valence electrons. The van der Waals surface area contributed by atoms with E-state index in [2.05, 4.69) is 19.8 Å². The smallest absolute Gasteiger partial charge is 0.226 e. The summed E-state index contributed by atoms with van der Waals surface area (Å²) in [6.07, 6.45) is 9.64. The van der Waals surface area contributed by atoms with Crippen molar-refractivity contribution in [3.63, 3.8) is 0 Å². The lowest BCUT2D eigenvalue weighted by molar-refractivity contribution is -0.134. The normalized spacial score (nSPS) is 30.0. The van der Waals surface area contributed by atoms with E-state index >= 15 is 0 Å². The van der Waals surface area contributed by atoms with E-state index in [0.29, 0.717) is 23.3 Å². The van der Waals surface area contributed by atoms with Crippen LogP contribution in [-0.4, -0.2) is 46.0 Å². The van der Waals surface area contributed by atoms with Crippen molar-refractivity contribution < 1.29 is 4.79 Å². The van der Waals surface area contributed by atoms with Crippen molar-refractivity contribution in [1.82, 2.24) is 19.8 Å². The maximum absolute atomic E-state index is 13.0. The van der Waals surface area contributed by atoms with E-state index in [4.69, 9.17) is 0 Å². The van der Waals surface area contributed by atoms with Gasteiger partial charge in [-0.15, -0.1) is 0 Å². The van der Waals surface area contributed by atoms with Crippen LogP contribution < -0.4 is 5.32 Å². The quantitative estimate of drug-likeness (QED) is 0.922. The highest BCUT2D eigenvalue weighted by atomic mass is 16.2. The molecule has 4 rings (SSSR count). The van der Waals surface area contributed by atoms with Crippen molar-refractivity contribution in [3.8, 4) is 0 Å². The summed E-state index contributed by atoms with van der Waals surface area (Å²) in [7, 11) is 0. The zero-order valence-electron chi connectivity index (χ0n) is 13.4. The minimum Gasteiger partial charge on any atom is -0.338 e. The van der Waals surface area contributed by atoms with E-state index in [1.807, 2.05) is 19.3 Å². The Labute approximate surface area is 132 Å². The fourth-order valence-corrected chi connectivity index (χ4v) is 4.51. The first-order valence-electron chi connectivity index (χ1n) is 8.69. The van der Waals surface area contributed by atoms with E-state index in [1.54, 1.807) is 0 Å². The monoisotopic (exact) mass is 302 g/mol. The second kappa shape index (κ2) is 5.37. The maximum Gasteiger partial charge on any atom is 0.226 e. The van der Waals surface area contributed by atoms with E-state index in [1.165, 1.54) is 12.8 Å². The van der Waals surface area contributed by atoms with Crippen LogP contribution in [0.15, 0.2) is 12.4 Å². The summed E-state index contributed by atoms with van der Waals surface area (Å²) >= 11 is 0. The second-order valence-corrected chi connectivity index (χ2v) is 7.32. The number of aromatic nitrogens is 2. The van der Waals surface area contributed by atoms with Crippen LogP contribution in [-0.2, 0) is 11.3 Å². The number of imidazole rings is 1. The van der Waals surface area contributed by atoms with Crippen LogP contribution in [0, 0.1) is 18.3 Å². The lowest BCUT2D eigenvalue weighted by Crippen LogP contribution is -2.41. The number of amides is 1. The first kappa shape index (κ1) is 14.2. The molecule has 3 fully saturated rings. The molecule has 2 aliphatic heterocycles. The Balaban J connectivity index is 1.43. The zero-order valence-corrected chi connectivity index (χ0v) is 13.4. The molecule has 0 bridgehead atoms. The third-order valence-corrected chi connectivity index (χ3v) is 6.08. The molecule has 0 aromatic carbocycles. The first-order chi connectivity index (χ1) is 10.7. The molecule has 0 radical (unpaired) electrons. The lowest BCUT2D eigenvalue weighted by Gasteiger charge is -2.28. The molecule has 1 spiro atoms. The number of rotatable bonds is 3. The number of hydrogen-bond acceptors (Lipinski definition) is 3. The number of aryl methyl sites for hydroxylation is 1. The average molecular weight is 302 g/mol. The fraction of sp³-hybridized carbons (Fsp3) is 0.765. The van der Waals surface area contributed by atoms with E-state index in [0.717, 1.165) is 51.3 Å². The van der Waals surface area contributed by atoms with Crippen molar-refractivity contribution in [3.05, 3.63) is 18.2 Å². The summed E-state index contributed by atoms with van der Waals surface area (Å²) in [6.45, 7) is 6.05. The van der Waals surface area contributed by atoms with E-state index < -0.39 is 0 Å². The molecule has 3 aliphatic rings. The fourth-order valence-electron chi connectivity index (χ4n) is 4.51. The number of hydrogen-bond donors (Lipinski definition) is 1. The van der Waals surface area contributed by atoms with Gasteiger partial charge in [0.1, 0.15) is 5.82 Å². The third kappa shape index (κ3) is 2.35. The highest BCUT2D eigenvalue weighted by Gasteiger charge is 2.59. The van der Waals surface area contributed by atoms with Gasteiger partial charge in [-0.2, -0.15) is 0 Å². The van der Waals surface area contributed by atoms with Gasteiger partial charge in [0.15, 0.2) is 0 Å². The summed E-state index contributed by atoms with van der Waals surface area (Å²) in [5.41, 5.74) is 0.348. The molecule has 1 aromatic heterocycles. The summed E-state index contributed by atoms with van der Waals surface area (Å²) < 4.78 is 2.18. The molecule has 5 heteroatoms. The molecule has 2 saturated heterocycles.